The molecule has 0 spiro atoms. The predicted octanol–water partition coefficient (Wildman–Crippen LogP) is 1.69. The quantitative estimate of drug-likeness (QED) is 0.916. The lowest BCUT2D eigenvalue weighted by atomic mass is 10.2. The van der Waals surface area contributed by atoms with Gasteiger partial charge in [-0.2, -0.15) is 0 Å². The van der Waals surface area contributed by atoms with Crippen LogP contribution in [-0.4, -0.2) is 19.2 Å². The van der Waals surface area contributed by atoms with E-state index in [4.69, 9.17) is 0 Å². The molecule has 1 aliphatic heterocycles. The Morgan fingerprint density at radius 1 is 1.37 bits per heavy atom. The maximum Gasteiger partial charge on any atom is 0.263 e. The number of hydrogen-bond donors (Lipinski definition) is 1. The van der Waals surface area contributed by atoms with Gasteiger partial charge in [-0.3, -0.25) is 9.71 Å². The fourth-order valence-electron chi connectivity index (χ4n) is 1.88. The number of aliphatic imine (C=N–C) groups is 1. The molecule has 2 heterocycles. The SMILES string of the molecule is Cc1ncsc1CN=C1NS(=O)(=O)c2ccccc21. The molecule has 0 radical (unpaired) electrons. The first-order valence-corrected chi connectivity index (χ1v) is 8.00. The molecule has 2 aromatic rings. The highest BCUT2D eigenvalue weighted by Crippen LogP contribution is 2.23. The van der Waals surface area contributed by atoms with Crippen LogP contribution in [0.25, 0.3) is 0 Å². The zero-order chi connectivity index (χ0) is 13.5. The van der Waals surface area contributed by atoms with Gasteiger partial charge in [0.1, 0.15) is 5.84 Å². The van der Waals surface area contributed by atoms with Crippen molar-refractivity contribution >= 4 is 27.2 Å². The van der Waals surface area contributed by atoms with E-state index in [1.165, 1.54) is 11.3 Å². The lowest BCUT2D eigenvalue weighted by Gasteiger charge is -1.98. The summed E-state index contributed by atoms with van der Waals surface area (Å²) in [6, 6.07) is 6.84. The van der Waals surface area contributed by atoms with Gasteiger partial charge >= 0.3 is 0 Å². The highest BCUT2D eigenvalue weighted by atomic mass is 32.2. The van der Waals surface area contributed by atoms with Crippen molar-refractivity contribution in [1.82, 2.24) is 9.71 Å². The van der Waals surface area contributed by atoms with Crippen LogP contribution in [-0.2, 0) is 16.6 Å². The monoisotopic (exact) mass is 293 g/mol. The Morgan fingerprint density at radius 2 is 2.16 bits per heavy atom. The van der Waals surface area contributed by atoms with Crippen molar-refractivity contribution < 1.29 is 8.42 Å². The fraction of sp³-hybridized carbons (Fsp3) is 0.167. The minimum absolute atomic E-state index is 0.287. The van der Waals surface area contributed by atoms with Gasteiger partial charge in [0.25, 0.3) is 10.0 Å². The van der Waals surface area contributed by atoms with E-state index in [0.29, 0.717) is 17.9 Å². The summed E-state index contributed by atoms with van der Waals surface area (Å²) in [5.41, 5.74) is 3.32. The summed E-state index contributed by atoms with van der Waals surface area (Å²) in [7, 11) is -3.45. The zero-order valence-electron chi connectivity index (χ0n) is 10.1. The number of rotatable bonds is 2. The Labute approximate surface area is 115 Å². The van der Waals surface area contributed by atoms with Crippen LogP contribution in [0, 0.1) is 6.92 Å². The molecule has 5 nitrogen and oxygen atoms in total. The maximum atomic E-state index is 11.9. The standard InChI is InChI=1S/C12H11N3O2S2/c1-8-10(18-7-14-8)6-13-12-9-4-2-3-5-11(9)19(16,17)15-12/h2-5,7H,6H2,1H3,(H,13,15). The molecule has 0 bridgehead atoms. The van der Waals surface area contributed by atoms with Crippen molar-refractivity contribution in [2.75, 3.05) is 0 Å². The van der Waals surface area contributed by atoms with Crippen LogP contribution in [0.5, 0.6) is 0 Å². The number of aryl methyl sites for hydroxylation is 1. The minimum atomic E-state index is -3.45. The maximum absolute atomic E-state index is 11.9. The second-order valence-electron chi connectivity index (χ2n) is 4.13. The van der Waals surface area contributed by atoms with Gasteiger partial charge in [0.2, 0.25) is 0 Å². The fourth-order valence-corrected chi connectivity index (χ4v) is 3.83. The van der Waals surface area contributed by atoms with Crippen LogP contribution in [0.3, 0.4) is 0 Å². The molecule has 19 heavy (non-hydrogen) atoms. The Hall–Kier alpha value is -1.73. The van der Waals surface area contributed by atoms with Crippen LogP contribution in [0.4, 0.5) is 0 Å². The van der Waals surface area contributed by atoms with Gasteiger partial charge in [0.15, 0.2) is 0 Å². The third-order valence-corrected chi connectivity index (χ3v) is 5.21. The summed E-state index contributed by atoms with van der Waals surface area (Å²) in [6.07, 6.45) is 0. The highest BCUT2D eigenvalue weighted by molar-refractivity contribution is 7.90. The molecule has 1 aromatic heterocycles. The van der Waals surface area contributed by atoms with Crippen LogP contribution in [0.15, 0.2) is 39.7 Å². The highest BCUT2D eigenvalue weighted by Gasteiger charge is 2.29. The number of nitrogens with zero attached hydrogens (tertiary/aromatic N) is 2. The van der Waals surface area contributed by atoms with E-state index in [2.05, 4.69) is 14.7 Å². The third kappa shape index (κ3) is 2.15. The van der Waals surface area contributed by atoms with Crippen LogP contribution in [0.2, 0.25) is 0 Å². The summed E-state index contributed by atoms with van der Waals surface area (Å²) in [6.45, 7) is 2.35. The number of benzene rings is 1. The van der Waals surface area contributed by atoms with Gasteiger partial charge in [0.05, 0.1) is 22.6 Å². The van der Waals surface area contributed by atoms with Crippen molar-refractivity contribution in [2.24, 2.45) is 4.99 Å². The molecule has 1 N–H and O–H groups in total. The van der Waals surface area contributed by atoms with Gasteiger partial charge < -0.3 is 0 Å². The second kappa shape index (κ2) is 4.43. The number of amidine groups is 1. The molecule has 0 fully saturated rings. The van der Waals surface area contributed by atoms with Crippen molar-refractivity contribution in [3.05, 3.63) is 45.9 Å². The number of nitrogens with one attached hydrogen (secondary N) is 1. The van der Waals surface area contributed by atoms with Crippen molar-refractivity contribution in [3.63, 3.8) is 0 Å². The molecule has 1 aromatic carbocycles. The smallest absolute Gasteiger partial charge is 0.263 e. The van der Waals surface area contributed by atoms with E-state index < -0.39 is 10.0 Å². The van der Waals surface area contributed by atoms with Gasteiger partial charge in [-0.1, -0.05) is 12.1 Å². The Bertz CT molecular complexity index is 763. The van der Waals surface area contributed by atoms with E-state index in [0.717, 1.165) is 10.6 Å². The Balaban J connectivity index is 1.98. The third-order valence-electron chi connectivity index (χ3n) is 2.89. The lowest BCUT2D eigenvalue weighted by Crippen LogP contribution is -2.22. The first-order valence-electron chi connectivity index (χ1n) is 5.63. The molecule has 7 heteroatoms. The van der Waals surface area contributed by atoms with Gasteiger partial charge in [-0.05, 0) is 19.1 Å². The average Bonchev–Trinajstić information content (AvgIpc) is 2.90. The van der Waals surface area contributed by atoms with Crippen molar-refractivity contribution in [1.29, 1.82) is 0 Å². The van der Waals surface area contributed by atoms with E-state index in [9.17, 15) is 8.42 Å². The van der Waals surface area contributed by atoms with Gasteiger partial charge in [-0.15, -0.1) is 11.3 Å². The second-order valence-corrected chi connectivity index (χ2v) is 6.72. The van der Waals surface area contributed by atoms with E-state index in [-0.39, 0.29) is 4.90 Å². The van der Waals surface area contributed by atoms with Crippen LogP contribution in [0.1, 0.15) is 16.1 Å². The first-order chi connectivity index (χ1) is 9.08. The normalized spacial score (nSPS) is 18.3. The largest absolute Gasteiger partial charge is 0.263 e. The first kappa shape index (κ1) is 12.3. The van der Waals surface area contributed by atoms with Crippen LogP contribution >= 0.6 is 11.3 Å². The summed E-state index contributed by atoms with van der Waals surface area (Å²) in [5.74, 6) is 0.406. The zero-order valence-corrected chi connectivity index (χ0v) is 11.8. The van der Waals surface area contributed by atoms with E-state index in [1.54, 1.807) is 29.8 Å². The summed E-state index contributed by atoms with van der Waals surface area (Å²) >= 11 is 1.52. The summed E-state index contributed by atoms with van der Waals surface area (Å²) in [5, 5.41) is 0. The topological polar surface area (TPSA) is 71.4 Å². The van der Waals surface area contributed by atoms with Gasteiger partial charge in [-0.25, -0.2) is 13.4 Å². The molecule has 1 aliphatic rings. The van der Waals surface area contributed by atoms with E-state index >= 15 is 0 Å². The number of aromatic nitrogens is 1. The van der Waals surface area contributed by atoms with Crippen LogP contribution < -0.4 is 4.72 Å². The molecule has 0 amide bonds. The molecule has 0 aliphatic carbocycles. The molecule has 0 atom stereocenters. The number of thiazole rings is 1. The summed E-state index contributed by atoms with van der Waals surface area (Å²) in [4.78, 5) is 9.83. The average molecular weight is 293 g/mol. The van der Waals surface area contributed by atoms with E-state index in [1.807, 2.05) is 6.92 Å². The van der Waals surface area contributed by atoms with Crippen molar-refractivity contribution in [3.8, 4) is 0 Å². The molecular formula is C12H11N3O2S2. The molecule has 0 saturated heterocycles. The molecule has 0 saturated carbocycles. The van der Waals surface area contributed by atoms with Crippen molar-refractivity contribution in [2.45, 2.75) is 18.4 Å². The molecule has 98 valence electrons. The predicted molar refractivity (Wildman–Crippen MR) is 73.9 cm³/mol. The molecule has 0 unspecified atom stereocenters. The minimum Gasteiger partial charge on any atom is -0.263 e. The van der Waals surface area contributed by atoms with Gasteiger partial charge in [0, 0.05) is 10.4 Å². The number of hydrogen-bond acceptors (Lipinski definition) is 5. The Morgan fingerprint density at radius 3 is 2.89 bits per heavy atom. The Kier molecular flexibility index (Phi) is 2.87. The lowest BCUT2D eigenvalue weighted by molar-refractivity contribution is 0.595. The molecular weight excluding hydrogens is 282 g/mol. The number of sulfonamides is 1. The summed E-state index contributed by atoms with van der Waals surface area (Å²) < 4.78 is 26.3. The molecule has 3 rings (SSSR count). The number of fused-ring (bicyclic) bond motifs is 1.